The van der Waals surface area contributed by atoms with E-state index in [0.29, 0.717) is 43.7 Å². The Balaban J connectivity index is 1.92. The van der Waals surface area contributed by atoms with Gasteiger partial charge in [0.2, 0.25) is 5.89 Å². The van der Waals surface area contributed by atoms with Crippen LogP contribution < -0.4 is 5.73 Å². The van der Waals surface area contributed by atoms with Gasteiger partial charge in [0.25, 0.3) is 0 Å². The molecule has 0 amide bonds. The lowest BCUT2D eigenvalue weighted by Crippen LogP contribution is -2.50. The molecule has 1 aromatic heterocycles. The fourth-order valence-corrected chi connectivity index (χ4v) is 2.22. The molecule has 1 aliphatic heterocycles. The van der Waals surface area contributed by atoms with E-state index in [-0.39, 0.29) is 0 Å². The van der Waals surface area contributed by atoms with Crippen molar-refractivity contribution in [2.24, 2.45) is 11.7 Å². The standard InChI is InChI=1S/C12H20N4O3/c1-8(2)5-9-14-10(19-15-9)6-16-4-3-12(13,7-16)11(17)18/h8H,3-7,13H2,1-2H3,(H,17,18). The second-order valence-corrected chi connectivity index (χ2v) is 5.62. The summed E-state index contributed by atoms with van der Waals surface area (Å²) < 4.78 is 5.17. The van der Waals surface area contributed by atoms with Gasteiger partial charge in [-0.05, 0) is 12.3 Å². The molecule has 3 N–H and O–H groups in total. The Kier molecular flexibility index (Phi) is 3.86. The number of rotatable bonds is 5. The van der Waals surface area contributed by atoms with Gasteiger partial charge in [-0.15, -0.1) is 0 Å². The van der Waals surface area contributed by atoms with Crippen molar-refractivity contribution >= 4 is 5.97 Å². The van der Waals surface area contributed by atoms with Crippen molar-refractivity contribution in [2.45, 2.75) is 38.8 Å². The second-order valence-electron chi connectivity index (χ2n) is 5.62. The summed E-state index contributed by atoms with van der Waals surface area (Å²) >= 11 is 0. The predicted octanol–water partition coefficient (Wildman–Crippen LogP) is 0.256. The third kappa shape index (κ3) is 3.30. The van der Waals surface area contributed by atoms with Gasteiger partial charge in [0.05, 0.1) is 6.54 Å². The number of carboxylic acid groups (broad SMARTS) is 1. The molecule has 7 nitrogen and oxygen atoms in total. The topological polar surface area (TPSA) is 105 Å². The average Bonchev–Trinajstić information content (AvgIpc) is 2.87. The average molecular weight is 268 g/mol. The van der Waals surface area contributed by atoms with Crippen molar-refractivity contribution in [3.8, 4) is 0 Å². The smallest absolute Gasteiger partial charge is 0.325 e. The lowest BCUT2D eigenvalue weighted by atomic mass is 10.0. The van der Waals surface area contributed by atoms with Crippen molar-refractivity contribution in [1.82, 2.24) is 15.0 Å². The number of nitrogens with zero attached hydrogens (tertiary/aromatic N) is 3. The maximum Gasteiger partial charge on any atom is 0.325 e. The molecule has 1 fully saturated rings. The molecule has 19 heavy (non-hydrogen) atoms. The lowest BCUT2D eigenvalue weighted by molar-refractivity contribution is -0.142. The van der Waals surface area contributed by atoms with Gasteiger partial charge in [-0.1, -0.05) is 19.0 Å². The number of hydrogen-bond acceptors (Lipinski definition) is 6. The molecule has 7 heteroatoms. The van der Waals surface area contributed by atoms with Crippen LogP contribution in [0.3, 0.4) is 0 Å². The molecule has 2 rings (SSSR count). The van der Waals surface area contributed by atoms with Crippen LogP contribution in [0.4, 0.5) is 0 Å². The molecule has 1 atom stereocenters. The van der Waals surface area contributed by atoms with Gasteiger partial charge in [0.15, 0.2) is 5.82 Å². The van der Waals surface area contributed by atoms with Gasteiger partial charge < -0.3 is 15.4 Å². The van der Waals surface area contributed by atoms with Crippen LogP contribution >= 0.6 is 0 Å². The third-order valence-corrected chi connectivity index (χ3v) is 3.27. The van der Waals surface area contributed by atoms with Crippen molar-refractivity contribution in [3.05, 3.63) is 11.7 Å². The number of nitrogens with two attached hydrogens (primary N) is 1. The van der Waals surface area contributed by atoms with E-state index in [4.69, 9.17) is 15.4 Å². The van der Waals surface area contributed by atoms with E-state index < -0.39 is 11.5 Å². The number of carboxylic acids is 1. The molecule has 0 aliphatic carbocycles. The maximum absolute atomic E-state index is 11.0. The minimum absolute atomic E-state index is 0.310. The zero-order valence-electron chi connectivity index (χ0n) is 11.3. The van der Waals surface area contributed by atoms with Crippen LogP contribution in [0.15, 0.2) is 4.52 Å². The van der Waals surface area contributed by atoms with Gasteiger partial charge >= 0.3 is 5.97 Å². The van der Waals surface area contributed by atoms with Gasteiger partial charge in [-0.25, -0.2) is 0 Å². The Morgan fingerprint density at radius 2 is 2.37 bits per heavy atom. The summed E-state index contributed by atoms with van der Waals surface area (Å²) in [5.74, 6) is 0.730. The second kappa shape index (κ2) is 5.26. The summed E-state index contributed by atoms with van der Waals surface area (Å²) in [7, 11) is 0. The molecule has 0 saturated carbocycles. The first-order valence-corrected chi connectivity index (χ1v) is 6.45. The molecule has 0 spiro atoms. The summed E-state index contributed by atoms with van der Waals surface area (Å²) in [6, 6.07) is 0. The van der Waals surface area contributed by atoms with Gasteiger partial charge in [-0.2, -0.15) is 4.98 Å². The molecule has 1 aliphatic rings. The highest BCUT2D eigenvalue weighted by Crippen LogP contribution is 2.20. The third-order valence-electron chi connectivity index (χ3n) is 3.27. The van der Waals surface area contributed by atoms with Crippen LogP contribution in [0.5, 0.6) is 0 Å². The Morgan fingerprint density at radius 3 is 2.95 bits per heavy atom. The monoisotopic (exact) mass is 268 g/mol. The number of hydrogen-bond donors (Lipinski definition) is 2. The Labute approximate surface area is 111 Å². The van der Waals surface area contributed by atoms with Crippen molar-refractivity contribution in [2.75, 3.05) is 13.1 Å². The molecular formula is C12H20N4O3. The van der Waals surface area contributed by atoms with E-state index in [2.05, 4.69) is 24.0 Å². The van der Waals surface area contributed by atoms with Crippen LogP contribution in [0.25, 0.3) is 0 Å². The summed E-state index contributed by atoms with van der Waals surface area (Å²) in [6.07, 6.45) is 1.22. The molecular weight excluding hydrogens is 248 g/mol. The Bertz CT molecular complexity index is 460. The Morgan fingerprint density at radius 1 is 1.63 bits per heavy atom. The van der Waals surface area contributed by atoms with E-state index >= 15 is 0 Å². The quantitative estimate of drug-likeness (QED) is 0.788. The largest absolute Gasteiger partial charge is 0.480 e. The number of aliphatic carboxylic acids is 1. The molecule has 1 unspecified atom stereocenters. The van der Waals surface area contributed by atoms with Crippen molar-refractivity contribution in [3.63, 3.8) is 0 Å². The van der Waals surface area contributed by atoms with Gasteiger partial charge in [-0.3, -0.25) is 9.69 Å². The molecule has 0 aromatic carbocycles. The first-order chi connectivity index (χ1) is 8.89. The minimum atomic E-state index is -1.15. The number of carbonyl (C=O) groups is 1. The highest BCUT2D eigenvalue weighted by molar-refractivity contribution is 5.79. The van der Waals surface area contributed by atoms with E-state index in [9.17, 15) is 4.79 Å². The van der Waals surface area contributed by atoms with E-state index in [1.165, 1.54) is 0 Å². The zero-order chi connectivity index (χ0) is 14.0. The fraction of sp³-hybridized carbons (Fsp3) is 0.750. The minimum Gasteiger partial charge on any atom is -0.480 e. The van der Waals surface area contributed by atoms with E-state index in [0.717, 1.165) is 6.42 Å². The van der Waals surface area contributed by atoms with Crippen LogP contribution in [0.1, 0.15) is 32.0 Å². The summed E-state index contributed by atoms with van der Waals surface area (Å²) in [4.78, 5) is 17.3. The van der Waals surface area contributed by atoms with Crippen LogP contribution in [-0.4, -0.2) is 44.7 Å². The number of aromatic nitrogens is 2. The SMILES string of the molecule is CC(C)Cc1noc(CN2CCC(N)(C(=O)O)C2)n1. The first kappa shape index (κ1) is 14.0. The van der Waals surface area contributed by atoms with Gasteiger partial charge in [0.1, 0.15) is 5.54 Å². The van der Waals surface area contributed by atoms with Crippen LogP contribution in [0, 0.1) is 5.92 Å². The highest BCUT2D eigenvalue weighted by Gasteiger charge is 2.41. The molecule has 1 saturated heterocycles. The van der Waals surface area contributed by atoms with Crippen LogP contribution in [0.2, 0.25) is 0 Å². The van der Waals surface area contributed by atoms with Gasteiger partial charge in [0, 0.05) is 19.5 Å². The molecule has 106 valence electrons. The molecule has 0 radical (unpaired) electrons. The van der Waals surface area contributed by atoms with E-state index in [1.807, 2.05) is 4.90 Å². The zero-order valence-corrected chi connectivity index (χ0v) is 11.3. The molecule has 0 bridgehead atoms. The fourth-order valence-electron chi connectivity index (χ4n) is 2.22. The first-order valence-electron chi connectivity index (χ1n) is 6.45. The summed E-state index contributed by atoms with van der Waals surface area (Å²) in [5, 5.41) is 13.0. The predicted molar refractivity (Wildman–Crippen MR) is 67.3 cm³/mol. The highest BCUT2D eigenvalue weighted by atomic mass is 16.5. The van der Waals surface area contributed by atoms with Crippen molar-refractivity contribution in [1.29, 1.82) is 0 Å². The molecule has 1 aromatic rings. The maximum atomic E-state index is 11.0. The van der Waals surface area contributed by atoms with Crippen molar-refractivity contribution < 1.29 is 14.4 Å². The summed E-state index contributed by atoms with van der Waals surface area (Å²) in [5.41, 5.74) is 4.66. The molecule has 2 heterocycles. The normalized spacial score (nSPS) is 24.2. The number of likely N-dealkylation sites (tertiary alicyclic amines) is 1. The summed E-state index contributed by atoms with van der Waals surface area (Å²) in [6.45, 7) is 5.57. The van der Waals surface area contributed by atoms with E-state index in [1.54, 1.807) is 0 Å². The lowest BCUT2D eigenvalue weighted by Gasteiger charge is -2.18. The Hall–Kier alpha value is -1.47. The van der Waals surface area contributed by atoms with Crippen LogP contribution in [-0.2, 0) is 17.8 Å².